The molecule has 0 radical (unpaired) electrons. The number of carboxylic acids is 1. The van der Waals surface area contributed by atoms with E-state index in [9.17, 15) is 4.79 Å². The monoisotopic (exact) mass is 187 g/mol. The van der Waals surface area contributed by atoms with Gasteiger partial charge in [-0.2, -0.15) is 0 Å². The summed E-state index contributed by atoms with van der Waals surface area (Å²) < 4.78 is 5.19. The van der Waals surface area contributed by atoms with E-state index in [0.29, 0.717) is 5.19 Å². The highest BCUT2D eigenvalue weighted by atomic mass is 32.1. The van der Waals surface area contributed by atoms with Gasteiger partial charge >= 0.3 is 5.97 Å². The lowest BCUT2D eigenvalue weighted by Crippen LogP contribution is -2.04. The maximum absolute atomic E-state index is 10.4. The number of hydrogen-bond acceptors (Lipinski definition) is 4. The van der Waals surface area contributed by atoms with Crippen LogP contribution in [0, 0.1) is 0 Å². The average Bonchev–Trinajstić information content (AvgIpc) is 2.34. The van der Waals surface area contributed by atoms with E-state index < -0.39 is 5.97 Å². The Labute approximate surface area is 73.8 Å². The zero-order valence-electron chi connectivity index (χ0n) is 6.77. The van der Waals surface area contributed by atoms with Crippen LogP contribution >= 0.6 is 11.3 Å². The molecule has 0 aromatic carbocycles. The Morgan fingerprint density at radius 1 is 1.75 bits per heavy atom. The van der Waals surface area contributed by atoms with Gasteiger partial charge in [-0.1, -0.05) is 11.3 Å². The van der Waals surface area contributed by atoms with Gasteiger partial charge in [-0.05, 0) is 13.8 Å². The number of carbonyl (C=O) groups is 1. The van der Waals surface area contributed by atoms with Crippen molar-refractivity contribution in [1.82, 2.24) is 4.98 Å². The summed E-state index contributed by atoms with van der Waals surface area (Å²) in [5.41, 5.74) is 0. The molecule has 1 N–H and O–H groups in total. The second-order valence-electron chi connectivity index (χ2n) is 2.46. The van der Waals surface area contributed by atoms with E-state index in [4.69, 9.17) is 9.84 Å². The first kappa shape index (κ1) is 8.99. The zero-order valence-corrected chi connectivity index (χ0v) is 7.59. The van der Waals surface area contributed by atoms with Crippen LogP contribution in [0.4, 0.5) is 0 Å². The SMILES string of the molecule is CC(C)Oc1ncc(C(=O)O)s1. The van der Waals surface area contributed by atoms with Crippen LogP contribution in [0.1, 0.15) is 23.5 Å². The highest BCUT2D eigenvalue weighted by molar-refractivity contribution is 7.15. The Bertz CT molecular complexity index is 282. The van der Waals surface area contributed by atoms with Crippen molar-refractivity contribution >= 4 is 17.3 Å². The van der Waals surface area contributed by atoms with E-state index in [1.807, 2.05) is 13.8 Å². The number of aromatic carboxylic acids is 1. The largest absolute Gasteiger partial charge is 0.477 e. The van der Waals surface area contributed by atoms with E-state index in [2.05, 4.69) is 4.98 Å². The third-order valence-electron chi connectivity index (χ3n) is 1.03. The summed E-state index contributed by atoms with van der Waals surface area (Å²) in [5.74, 6) is -0.967. The Balaban J connectivity index is 2.71. The number of thiazole rings is 1. The molecular formula is C7H9NO3S. The molecule has 0 unspecified atom stereocenters. The summed E-state index contributed by atoms with van der Waals surface area (Å²) in [7, 11) is 0. The predicted octanol–water partition coefficient (Wildman–Crippen LogP) is 1.63. The van der Waals surface area contributed by atoms with Crippen LogP contribution in [-0.2, 0) is 0 Å². The van der Waals surface area contributed by atoms with Gasteiger partial charge in [0.05, 0.1) is 12.3 Å². The van der Waals surface area contributed by atoms with Crippen LogP contribution in [0.25, 0.3) is 0 Å². The Kier molecular flexibility index (Phi) is 2.65. The van der Waals surface area contributed by atoms with Gasteiger partial charge in [0.1, 0.15) is 4.88 Å². The van der Waals surface area contributed by atoms with Gasteiger partial charge in [-0.3, -0.25) is 0 Å². The molecule has 12 heavy (non-hydrogen) atoms. The third-order valence-corrected chi connectivity index (χ3v) is 1.91. The highest BCUT2D eigenvalue weighted by Gasteiger charge is 2.09. The van der Waals surface area contributed by atoms with Gasteiger partial charge in [0.15, 0.2) is 0 Å². The lowest BCUT2D eigenvalue weighted by Gasteiger charge is -2.03. The Hall–Kier alpha value is -1.10. The van der Waals surface area contributed by atoms with Gasteiger partial charge in [-0.25, -0.2) is 9.78 Å². The number of rotatable bonds is 3. The van der Waals surface area contributed by atoms with Gasteiger partial charge in [-0.15, -0.1) is 0 Å². The van der Waals surface area contributed by atoms with Crippen molar-refractivity contribution in [2.24, 2.45) is 0 Å². The first-order chi connectivity index (χ1) is 5.59. The summed E-state index contributed by atoms with van der Waals surface area (Å²) in [6.45, 7) is 3.73. The van der Waals surface area contributed by atoms with Crippen LogP contribution in [0.5, 0.6) is 5.19 Å². The zero-order chi connectivity index (χ0) is 9.14. The lowest BCUT2D eigenvalue weighted by molar-refractivity contribution is 0.0702. The van der Waals surface area contributed by atoms with Crippen LogP contribution in [0.2, 0.25) is 0 Å². The van der Waals surface area contributed by atoms with Gasteiger partial charge in [0.25, 0.3) is 5.19 Å². The summed E-state index contributed by atoms with van der Waals surface area (Å²) in [4.78, 5) is 14.4. The molecular weight excluding hydrogens is 178 g/mol. The number of ether oxygens (including phenoxy) is 1. The van der Waals surface area contributed by atoms with E-state index in [1.165, 1.54) is 6.20 Å². The quantitative estimate of drug-likeness (QED) is 0.781. The van der Waals surface area contributed by atoms with Crippen molar-refractivity contribution < 1.29 is 14.6 Å². The lowest BCUT2D eigenvalue weighted by atomic mass is 10.5. The van der Waals surface area contributed by atoms with Crippen LogP contribution in [0.3, 0.4) is 0 Å². The number of carboxylic acid groups (broad SMARTS) is 1. The molecule has 0 amide bonds. The van der Waals surface area contributed by atoms with Crippen molar-refractivity contribution in [2.45, 2.75) is 20.0 Å². The summed E-state index contributed by atoms with van der Waals surface area (Å²) in [6.07, 6.45) is 1.32. The van der Waals surface area contributed by atoms with E-state index in [0.717, 1.165) is 11.3 Å². The molecule has 0 atom stereocenters. The number of hydrogen-bond donors (Lipinski definition) is 1. The van der Waals surface area contributed by atoms with E-state index in [-0.39, 0.29) is 11.0 Å². The molecule has 0 saturated heterocycles. The molecule has 5 heteroatoms. The molecule has 0 aliphatic heterocycles. The van der Waals surface area contributed by atoms with E-state index in [1.54, 1.807) is 0 Å². The van der Waals surface area contributed by atoms with Crippen molar-refractivity contribution in [3.63, 3.8) is 0 Å². The molecule has 0 spiro atoms. The van der Waals surface area contributed by atoms with Gasteiger partial charge < -0.3 is 9.84 Å². The second-order valence-corrected chi connectivity index (χ2v) is 3.46. The molecule has 1 aromatic rings. The Morgan fingerprint density at radius 2 is 2.42 bits per heavy atom. The first-order valence-electron chi connectivity index (χ1n) is 3.45. The fraction of sp³-hybridized carbons (Fsp3) is 0.429. The predicted molar refractivity (Wildman–Crippen MR) is 44.8 cm³/mol. The minimum Gasteiger partial charge on any atom is -0.477 e. The molecule has 0 fully saturated rings. The fourth-order valence-corrected chi connectivity index (χ4v) is 1.34. The van der Waals surface area contributed by atoms with Crippen LogP contribution < -0.4 is 4.74 Å². The minimum absolute atomic E-state index is 0.0257. The normalized spacial score (nSPS) is 10.2. The summed E-state index contributed by atoms with van der Waals surface area (Å²) in [6, 6.07) is 0. The second kappa shape index (κ2) is 3.53. The Morgan fingerprint density at radius 3 is 2.83 bits per heavy atom. The van der Waals surface area contributed by atoms with Crippen molar-refractivity contribution in [1.29, 1.82) is 0 Å². The third kappa shape index (κ3) is 2.20. The molecule has 0 saturated carbocycles. The van der Waals surface area contributed by atoms with Gasteiger partial charge in [0, 0.05) is 0 Å². The number of aromatic nitrogens is 1. The molecule has 0 aliphatic carbocycles. The van der Waals surface area contributed by atoms with Crippen LogP contribution in [0.15, 0.2) is 6.20 Å². The molecule has 66 valence electrons. The maximum Gasteiger partial charge on any atom is 0.347 e. The van der Waals surface area contributed by atoms with Crippen LogP contribution in [-0.4, -0.2) is 22.2 Å². The molecule has 1 rings (SSSR count). The molecule has 4 nitrogen and oxygen atoms in total. The summed E-state index contributed by atoms with van der Waals surface area (Å²) in [5, 5.41) is 8.95. The molecule has 0 aliphatic rings. The van der Waals surface area contributed by atoms with Crippen molar-refractivity contribution in [2.75, 3.05) is 0 Å². The average molecular weight is 187 g/mol. The number of nitrogens with zero attached hydrogens (tertiary/aromatic N) is 1. The van der Waals surface area contributed by atoms with Gasteiger partial charge in [0.2, 0.25) is 0 Å². The maximum atomic E-state index is 10.4. The summed E-state index contributed by atoms with van der Waals surface area (Å²) >= 11 is 1.04. The van der Waals surface area contributed by atoms with E-state index >= 15 is 0 Å². The first-order valence-corrected chi connectivity index (χ1v) is 4.27. The molecule has 0 bridgehead atoms. The smallest absolute Gasteiger partial charge is 0.347 e. The van der Waals surface area contributed by atoms with Crippen molar-refractivity contribution in [3.8, 4) is 5.19 Å². The molecule has 1 aromatic heterocycles. The minimum atomic E-state index is -0.967. The highest BCUT2D eigenvalue weighted by Crippen LogP contribution is 2.21. The molecule has 1 heterocycles. The fourth-order valence-electron chi connectivity index (χ4n) is 0.613. The topological polar surface area (TPSA) is 59.4 Å². The standard InChI is InChI=1S/C7H9NO3S/c1-4(2)11-7-8-3-5(12-7)6(9)10/h3-4H,1-2H3,(H,9,10). The van der Waals surface area contributed by atoms with Crippen molar-refractivity contribution in [3.05, 3.63) is 11.1 Å².